The van der Waals surface area contributed by atoms with Crippen molar-refractivity contribution in [2.45, 2.75) is 13.3 Å². The van der Waals surface area contributed by atoms with Crippen molar-refractivity contribution in [3.05, 3.63) is 29.8 Å². The third-order valence-corrected chi connectivity index (χ3v) is 2.12. The van der Waals surface area contributed by atoms with Crippen molar-refractivity contribution < 1.29 is 23.9 Å². The Bertz CT molecular complexity index is 447. The summed E-state index contributed by atoms with van der Waals surface area (Å²) in [5.41, 5.74) is 0.403. The number of benzene rings is 1. The number of rotatable bonds is 6. The van der Waals surface area contributed by atoms with Crippen LogP contribution >= 0.6 is 0 Å². The minimum Gasteiger partial charge on any atom is -0.486 e. The first-order chi connectivity index (χ1) is 8.52. The second-order valence-electron chi connectivity index (χ2n) is 3.72. The van der Waals surface area contributed by atoms with E-state index in [1.165, 1.54) is 26.2 Å². The van der Waals surface area contributed by atoms with Gasteiger partial charge in [-0.1, -0.05) is 0 Å². The van der Waals surface area contributed by atoms with Gasteiger partial charge in [0.15, 0.2) is 5.78 Å². The highest BCUT2D eigenvalue weighted by molar-refractivity contribution is 5.98. The summed E-state index contributed by atoms with van der Waals surface area (Å²) in [5.74, 6) is -0.446. The molecule has 1 aromatic carbocycles. The summed E-state index contributed by atoms with van der Waals surface area (Å²) in [5, 5.41) is 0. The van der Waals surface area contributed by atoms with E-state index in [4.69, 9.17) is 4.74 Å². The number of Topliss-reactive ketones (excluding diaryl/α,β-unsaturated/α-hetero) is 2. The zero-order valence-electron chi connectivity index (χ0n) is 10.3. The molecule has 0 amide bonds. The summed E-state index contributed by atoms with van der Waals surface area (Å²) in [6.07, 6.45) is -0.125. The lowest BCUT2D eigenvalue weighted by molar-refractivity contribution is -0.127. The number of hydrogen-bond donors (Lipinski definition) is 0. The first kappa shape index (κ1) is 13.9. The van der Waals surface area contributed by atoms with Crippen LogP contribution in [0.15, 0.2) is 24.3 Å². The Balaban J connectivity index is 2.51. The third-order valence-electron chi connectivity index (χ3n) is 2.12. The standard InChI is InChI=1S/C13H14O5/c1-9(14)7-11(15)8-18-12-5-3-10(4-6-12)13(16)17-2/h3-6H,7-8H2,1-2H3. The topological polar surface area (TPSA) is 69.7 Å². The first-order valence-electron chi connectivity index (χ1n) is 5.35. The molecular formula is C13H14O5. The maximum atomic E-state index is 11.2. The van der Waals surface area contributed by atoms with Crippen LogP contribution in [0.5, 0.6) is 5.75 Å². The van der Waals surface area contributed by atoms with Crippen LogP contribution in [-0.2, 0) is 14.3 Å². The monoisotopic (exact) mass is 250 g/mol. The van der Waals surface area contributed by atoms with Gasteiger partial charge in [0.05, 0.1) is 19.1 Å². The molecule has 0 radical (unpaired) electrons. The Morgan fingerprint density at radius 3 is 2.22 bits per heavy atom. The fourth-order valence-corrected chi connectivity index (χ4v) is 1.30. The number of ether oxygens (including phenoxy) is 2. The molecule has 96 valence electrons. The molecule has 5 nitrogen and oxygen atoms in total. The number of hydrogen-bond acceptors (Lipinski definition) is 5. The van der Waals surface area contributed by atoms with Crippen LogP contribution in [0.1, 0.15) is 23.7 Å². The summed E-state index contributed by atoms with van der Waals surface area (Å²) in [4.78, 5) is 33.1. The molecule has 0 fully saturated rings. The summed E-state index contributed by atoms with van der Waals surface area (Å²) < 4.78 is 9.73. The zero-order valence-corrected chi connectivity index (χ0v) is 10.3. The quantitative estimate of drug-likeness (QED) is 0.563. The Kier molecular flexibility index (Phi) is 5.05. The largest absolute Gasteiger partial charge is 0.486 e. The van der Waals surface area contributed by atoms with E-state index < -0.39 is 5.97 Å². The van der Waals surface area contributed by atoms with Crippen molar-refractivity contribution in [3.8, 4) is 5.75 Å². The lowest BCUT2D eigenvalue weighted by Gasteiger charge is -2.05. The molecule has 0 saturated heterocycles. The predicted molar refractivity (Wildman–Crippen MR) is 63.6 cm³/mol. The van der Waals surface area contributed by atoms with E-state index in [2.05, 4.69) is 4.74 Å². The van der Waals surface area contributed by atoms with Gasteiger partial charge in [-0.25, -0.2) is 4.79 Å². The molecule has 0 saturated carbocycles. The second kappa shape index (κ2) is 6.54. The van der Waals surface area contributed by atoms with Crippen molar-refractivity contribution in [1.29, 1.82) is 0 Å². The molecular weight excluding hydrogens is 236 g/mol. The number of ketones is 2. The molecule has 0 aliphatic heterocycles. The molecule has 1 rings (SSSR count). The van der Waals surface area contributed by atoms with Crippen molar-refractivity contribution >= 4 is 17.5 Å². The Labute approximate surface area is 105 Å². The Hall–Kier alpha value is -2.17. The highest BCUT2D eigenvalue weighted by atomic mass is 16.5. The molecule has 0 unspecified atom stereocenters. The molecule has 0 aromatic heterocycles. The molecule has 18 heavy (non-hydrogen) atoms. The zero-order chi connectivity index (χ0) is 13.5. The van der Waals surface area contributed by atoms with Gasteiger partial charge in [-0.15, -0.1) is 0 Å². The minimum absolute atomic E-state index is 0.125. The third kappa shape index (κ3) is 4.37. The summed E-state index contributed by atoms with van der Waals surface area (Å²) in [6.45, 7) is 1.19. The van der Waals surface area contributed by atoms with Crippen molar-refractivity contribution in [2.75, 3.05) is 13.7 Å². The lowest BCUT2D eigenvalue weighted by atomic mass is 10.2. The molecule has 0 heterocycles. The van der Waals surface area contributed by atoms with Crippen LogP contribution in [0, 0.1) is 0 Å². The maximum Gasteiger partial charge on any atom is 0.337 e. The average Bonchev–Trinajstić information content (AvgIpc) is 2.35. The maximum absolute atomic E-state index is 11.2. The van der Waals surface area contributed by atoms with E-state index in [1.54, 1.807) is 12.1 Å². The van der Waals surface area contributed by atoms with Crippen LogP contribution in [0.2, 0.25) is 0 Å². The fraction of sp³-hybridized carbons (Fsp3) is 0.308. The van der Waals surface area contributed by atoms with E-state index >= 15 is 0 Å². The minimum atomic E-state index is -0.436. The summed E-state index contributed by atoms with van der Waals surface area (Å²) >= 11 is 0. The van der Waals surface area contributed by atoms with Crippen LogP contribution in [-0.4, -0.2) is 31.3 Å². The van der Waals surface area contributed by atoms with Crippen LogP contribution in [0.4, 0.5) is 0 Å². The van der Waals surface area contributed by atoms with Gasteiger partial charge < -0.3 is 9.47 Å². The van der Waals surface area contributed by atoms with Crippen molar-refractivity contribution in [1.82, 2.24) is 0 Å². The van der Waals surface area contributed by atoms with Crippen LogP contribution in [0.3, 0.4) is 0 Å². The number of carbonyl (C=O) groups excluding carboxylic acids is 3. The first-order valence-corrected chi connectivity index (χ1v) is 5.35. The normalized spacial score (nSPS) is 9.67. The average molecular weight is 250 g/mol. The van der Waals surface area contributed by atoms with Crippen LogP contribution < -0.4 is 4.74 Å². The van der Waals surface area contributed by atoms with Crippen molar-refractivity contribution in [2.24, 2.45) is 0 Å². The molecule has 5 heteroatoms. The predicted octanol–water partition coefficient (Wildman–Crippen LogP) is 1.40. The van der Waals surface area contributed by atoms with E-state index in [1.807, 2.05) is 0 Å². The van der Waals surface area contributed by atoms with Gasteiger partial charge in [-0.3, -0.25) is 9.59 Å². The van der Waals surface area contributed by atoms with E-state index in [0.717, 1.165) is 0 Å². The van der Waals surface area contributed by atoms with Gasteiger partial charge in [-0.05, 0) is 31.2 Å². The summed E-state index contributed by atoms with van der Waals surface area (Å²) in [7, 11) is 1.30. The van der Waals surface area contributed by atoms with Crippen molar-refractivity contribution in [3.63, 3.8) is 0 Å². The molecule has 0 spiro atoms. The highest BCUT2D eigenvalue weighted by Gasteiger charge is 2.08. The van der Waals surface area contributed by atoms with E-state index in [9.17, 15) is 14.4 Å². The molecule has 0 aliphatic rings. The molecule has 1 aromatic rings. The van der Waals surface area contributed by atoms with Gasteiger partial charge >= 0.3 is 5.97 Å². The number of esters is 1. The molecule has 0 bridgehead atoms. The Morgan fingerprint density at radius 2 is 1.72 bits per heavy atom. The van der Waals surface area contributed by atoms with Gasteiger partial charge in [0, 0.05) is 0 Å². The molecule has 0 atom stereocenters. The smallest absolute Gasteiger partial charge is 0.337 e. The van der Waals surface area contributed by atoms with Gasteiger partial charge in [-0.2, -0.15) is 0 Å². The van der Waals surface area contributed by atoms with Crippen LogP contribution in [0.25, 0.3) is 0 Å². The summed E-state index contributed by atoms with van der Waals surface area (Å²) in [6, 6.07) is 6.20. The van der Waals surface area contributed by atoms with E-state index in [-0.39, 0.29) is 24.6 Å². The highest BCUT2D eigenvalue weighted by Crippen LogP contribution is 2.12. The lowest BCUT2D eigenvalue weighted by Crippen LogP contribution is -2.14. The number of methoxy groups -OCH3 is 1. The molecule has 0 aliphatic carbocycles. The fourth-order valence-electron chi connectivity index (χ4n) is 1.30. The molecule has 0 N–H and O–H groups in total. The van der Waals surface area contributed by atoms with Gasteiger partial charge in [0.25, 0.3) is 0 Å². The second-order valence-corrected chi connectivity index (χ2v) is 3.72. The number of carbonyl (C=O) groups is 3. The van der Waals surface area contributed by atoms with E-state index in [0.29, 0.717) is 11.3 Å². The SMILES string of the molecule is COC(=O)c1ccc(OCC(=O)CC(C)=O)cc1. The van der Waals surface area contributed by atoms with Gasteiger partial charge in [0.2, 0.25) is 0 Å². The Morgan fingerprint density at radius 1 is 1.11 bits per heavy atom. The van der Waals surface area contributed by atoms with Gasteiger partial charge in [0.1, 0.15) is 18.1 Å².